The van der Waals surface area contributed by atoms with Gasteiger partial charge in [0.05, 0.1) is 0 Å². The normalized spacial score (nSPS) is 11.0. The molecule has 0 aliphatic rings. The van der Waals surface area contributed by atoms with E-state index in [4.69, 9.17) is 10.5 Å². The number of fused-ring (bicyclic) bond motifs is 1. The molecule has 3 N–H and O–H groups in total. The minimum atomic E-state index is -0.0706. The first-order valence-electron chi connectivity index (χ1n) is 8.34. The molecule has 2 aromatic heterocycles. The summed E-state index contributed by atoms with van der Waals surface area (Å²) in [7, 11) is 1.74. The third-order valence-electron chi connectivity index (χ3n) is 4.41. The first-order valence-corrected chi connectivity index (χ1v) is 8.34. The van der Waals surface area contributed by atoms with Crippen LogP contribution < -0.4 is 16.0 Å². The van der Waals surface area contributed by atoms with Gasteiger partial charge < -0.3 is 20.0 Å². The molecule has 130 valence electrons. The van der Waals surface area contributed by atoms with Crippen LogP contribution in [0.15, 0.2) is 65.7 Å². The molecule has 0 radical (unpaired) electrons. The van der Waals surface area contributed by atoms with Crippen molar-refractivity contribution in [2.75, 3.05) is 5.73 Å². The van der Waals surface area contributed by atoms with Gasteiger partial charge in [0.15, 0.2) is 0 Å². The second-order valence-electron chi connectivity index (χ2n) is 6.40. The lowest BCUT2D eigenvalue weighted by Crippen LogP contribution is -2.16. The molecular weight excluding hydrogens is 326 g/mol. The number of nitrogens with one attached hydrogen (secondary N) is 1. The fraction of sp³-hybridized carbons (Fsp3) is 0.0952. The van der Waals surface area contributed by atoms with Gasteiger partial charge in [-0.15, -0.1) is 0 Å². The van der Waals surface area contributed by atoms with Crippen LogP contribution >= 0.6 is 0 Å². The number of hydrogen-bond acceptors (Lipinski definition) is 3. The number of aromatic amines is 1. The van der Waals surface area contributed by atoms with Crippen LogP contribution in [0.1, 0.15) is 5.56 Å². The third-order valence-corrected chi connectivity index (χ3v) is 4.41. The summed E-state index contributed by atoms with van der Waals surface area (Å²) in [5.74, 6) is 1.44. The molecule has 0 unspecified atom stereocenters. The molecule has 5 nitrogen and oxygen atoms in total. The smallest absolute Gasteiger partial charge is 0.274 e. The van der Waals surface area contributed by atoms with Gasteiger partial charge in [-0.3, -0.25) is 4.79 Å². The van der Waals surface area contributed by atoms with Crippen molar-refractivity contribution >= 4 is 16.6 Å². The summed E-state index contributed by atoms with van der Waals surface area (Å²) in [5, 5.41) is 0.841. The van der Waals surface area contributed by atoms with Crippen molar-refractivity contribution in [2.45, 2.75) is 6.92 Å². The lowest BCUT2D eigenvalue weighted by molar-refractivity contribution is 0.484. The summed E-state index contributed by atoms with van der Waals surface area (Å²) in [6.07, 6.45) is 3.58. The van der Waals surface area contributed by atoms with E-state index in [2.05, 4.69) is 4.98 Å². The predicted octanol–water partition coefficient (Wildman–Crippen LogP) is 4.22. The highest BCUT2D eigenvalue weighted by atomic mass is 16.5. The SMILES string of the molecule is Cc1cccc(Oc2ccc(N)cc2-c2cn(C)c(=O)c3[nH]ccc23)c1. The monoisotopic (exact) mass is 345 g/mol. The molecule has 0 aliphatic carbocycles. The number of nitrogens with two attached hydrogens (primary N) is 1. The molecule has 0 atom stereocenters. The van der Waals surface area contributed by atoms with Crippen molar-refractivity contribution in [2.24, 2.45) is 7.05 Å². The van der Waals surface area contributed by atoms with Crippen LogP contribution in [0.3, 0.4) is 0 Å². The maximum absolute atomic E-state index is 12.3. The Balaban J connectivity index is 1.92. The predicted molar refractivity (Wildman–Crippen MR) is 105 cm³/mol. The van der Waals surface area contributed by atoms with E-state index in [0.29, 0.717) is 17.0 Å². The van der Waals surface area contributed by atoms with Crippen molar-refractivity contribution in [1.29, 1.82) is 0 Å². The van der Waals surface area contributed by atoms with Crippen LogP contribution in [0, 0.1) is 6.92 Å². The average molecular weight is 345 g/mol. The van der Waals surface area contributed by atoms with E-state index in [1.54, 1.807) is 17.8 Å². The Bertz CT molecular complexity index is 1170. The van der Waals surface area contributed by atoms with Gasteiger partial charge in [0.2, 0.25) is 0 Å². The number of aromatic nitrogens is 2. The minimum Gasteiger partial charge on any atom is -0.457 e. The highest BCUT2D eigenvalue weighted by Crippen LogP contribution is 2.37. The third kappa shape index (κ3) is 2.73. The number of anilines is 1. The largest absolute Gasteiger partial charge is 0.457 e. The highest BCUT2D eigenvalue weighted by Gasteiger charge is 2.15. The number of pyridine rings is 1. The molecule has 0 bridgehead atoms. The van der Waals surface area contributed by atoms with Crippen LogP contribution in [0.5, 0.6) is 11.5 Å². The maximum atomic E-state index is 12.3. The molecule has 0 spiro atoms. The zero-order chi connectivity index (χ0) is 18.3. The standard InChI is InChI=1S/C21H19N3O2/c1-13-4-3-5-15(10-13)26-19-7-6-14(22)11-17(19)18-12-24(2)21(25)20-16(18)8-9-23-20/h3-12,23H,22H2,1-2H3. The molecule has 5 heteroatoms. The van der Waals surface area contributed by atoms with Crippen molar-refractivity contribution in [1.82, 2.24) is 9.55 Å². The first-order chi connectivity index (χ1) is 12.5. The summed E-state index contributed by atoms with van der Waals surface area (Å²) in [4.78, 5) is 15.4. The molecule has 0 amide bonds. The molecule has 2 heterocycles. The second-order valence-corrected chi connectivity index (χ2v) is 6.40. The van der Waals surface area contributed by atoms with Crippen LogP contribution in [0.2, 0.25) is 0 Å². The Hall–Kier alpha value is -3.47. The zero-order valence-electron chi connectivity index (χ0n) is 14.6. The molecule has 0 fully saturated rings. The van der Waals surface area contributed by atoms with Crippen LogP contribution in [-0.2, 0) is 7.05 Å². The van der Waals surface area contributed by atoms with Gasteiger partial charge in [-0.05, 0) is 48.9 Å². The highest BCUT2D eigenvalue weighted by molar-refractivity contribution is 5.96. The Morgan fingerprint density at radius 2 is 1.92 bits per heavy atom. The zero-order valence-corrected chi connectivity index (χ0v) is 14.6. The van der Waals surface area contributed by atoms with Gasteiger partial charge in [-0.2, -0.15) is 0 Å². The average Bonchev–Trinajstić information content (AvgIpc) is 3.10. The minimum absolute atomic E-state index is 0.0706. The maximum Gasteiger partial charge on any atom is 0.274 e. The molecule has 0 saturated carbocycles. The number of nitrogens with zero attached hydrogens (tertiary/aromatic N) is 1. The summed E-state index contributed by atoms with van der Waals surface area (Å²) >= 11 is 0. The van der Waals surface area contributed by atoms with E-state index in [1.807, 2.05) is 61.7 Å². The van der Waals surface area contributed by atoms with E-state index >= 15 is 0 Å². The van der Waals surface area contributed by atoms with Gasteiger partial charge in [0, 0.05) is 41.6 Å². The molecule has 4 aromatic rings. The number of rotatable bonds is 3. The van der Waals surface area contributed by atoms with Crippen LogP contribution in [0.4, 0.5) is 5.69 Å². The van der Waals surface area contributed by atoms with Gasteiger partial charge in [0.25, 0.3) is 5.56 Å². The Morgan fingerprint density at radius 3 is 2.73 bits per heavy atom. The van der Waals surface area contributed by atoms with Crippen molar-refractivity contribution < 1.29 is 4.74 Å². The summed E-state index contributed by atoms with van der Waals surface area (Å²) in [6.45, 7) is 2.02. The number of ether oxygens (including phenoxy) is 1. The Kier molecular flexibility index (Phi) is 3.77. The van der Waals surface area contributed by atoms with Gasteiger partial charge in [-0.25, -0.2) is 0 Å². The van der Waals surface area contributed by atoms with Gasteiger partial charge in [0.1, 0.15) is 17.0 Å². The molecule has 0 aliphatic heterocycles. The van der Waals surface area contributed by atoms with Crippen molar-refractivity contribution in [3.63, 3.8) is 0 Å². The number of nitrogen functional groups attached to an aromatic ring is 1. The van der Waals surface area contributed by atoms with E-state index < -0.39 is 0 Å². The fourth-order valence-corrected chi connectivity index (χ4v) is 3.14. The summed E-state index contributed by atoms with van der Waals surface area (Å²) < 4.78 is 7.71. The first kappa shape index (κ1) is 16.0. The topological polar surface area (TPSA) is 73.0 Å². The Morgan fingerprint density at radius 1 is 1.08 bits per heavy atom. The molecule has 2 aromatic carbocycles. The Labute approximate surface area is 150 Å². The molecule has 4 rings (SSSR count). The lowest BCUT2D eigenvalue weighted by Gasteiger charge is -2.14. The molecular formula is C21H19N3O2. The van der Waals surface area contributed by atoms with Crippen LogP contribution in [-0.4, -0.2) is 9.55 Å². The van der Waals surface area contributed by atoms with Crippen molar-refractivity contribution in [3.05, 3.63) is 76.8 Å². The van der Waals surface area contributed by atoms with E-state index in [0.717, 1.165) is 27.8 Å². The number of hydrogen-bond donors (Lipinski definition) is 2. The lowest BCUT2D eigenvalue weighted by atomic mass is 10.0. The number of aryl methyl sites for hydroxylation is 2. The fourth-order valence-electron chi connectivity index (χ4n) is 3.14. The second kappa shape index (κ2) is 6.11. The quantitative estimate of drug-likeness (QED) is 0.546. The summed E-state index contributed by atoms with van der Waals surface area (Å²) in [5.41, 5.74) is 10.0. The van der Waals surface area contributed by atoms with Gasteiger partial charge >= 0.3 is 0 Å². The number of H-pyrrole nitrogens is 1. The van der Waals surface area contributed by atoms with E-state index in [1.165, 1.54) is 0 Å². The van der Waals surface area contributed by atoms with E-state index in [9.17, 15) is 4.79 Å². The van der Waals surface area contributed by atoms with Crippen LogP contribution in [0.25, 0.3) is 22.0 Å². The van der Waals surface area contributed by atoms with Gasteiger partial charge in [-0.1, -0.05) is 12.1 Å². The molecule has 26 heavy (non-hydrogen) atoms. The number of benzene rings is 2. The molecule has 0 saturated heterocycles. The van der Waals surface area contributed by atoms with E-state index in [-0.39, 0.29) is 5.56 Å². The van der Waals surface area contributed by atoms with Crippen molar-refractivity contribution in [3.8, 4) is 22.6 Å². The summed E-state index contributed by atoms with van der Waals surface area (Å²) in [6, 6.07) is 15.3.